The molecule has 0 saturated carbocycles. The van der Waals surface area contributed by atoms with Crippen LogP contribution in [0, 0.1) is 12.3 Å². The zero-order chi connectivity index (χ0) is 15.6. The Hall–Kier alpha value is -1.22. The molecule has 112 valence electrons. The molecule has 0 aromatic heterocycles. The smallest absolute Gasteiger partial charge is 0.256 e. The Morgan fingerprint density at radius 1 is 1.43 bits per heavy atom. The Kier molecular flexibility index (Phi) is 4.82. The van der Waals surface area contributed by atoms with Gasteiger partial charge in [-0.15, -0.1) is 6.42 Å². The minimum atomic E-state index is -3.11. The first-order valence-corrected chi connectivity index (χ1v) is 8.81. The van der Waals surface area contributed by atoms with Crippen molar-refractivity contribution in [3.05, 3.63) is 33.8 Å². The van der Waals surface area contributed by atoms with E-state index in [2.05, 4.69) is 5.92 Å². The molecular weight excluding hydrogens is 333 g/mol. The van der Waals surface area contributed by atoms with Gasteiger partial charge in [-0.05, 0) is 24.6 Å². The van der Waals surface area contributed by atoms with Crippen LogP contribution < -0.4 is 0 Å². The van der Waals surface area contributed by atoms with Gasteiger partial charge >= 0.3 is 0 Å². The van der Waals surface area contributed by atoms with Crippen LogP contribution in [0.1, 0.15) is 16.8 Å². The van der Waals surface area contributed by atoms with Crippen molar-refractivity contribution in [1.29, 1.82) is 0 Å². The first-order valence-electron chi connectivity index (χ1n) is 6.24. The highest BCUT2D eigenvalue weighted by molar-refractivity contribution is 7.91. The number of carbonyl (C=O) groups is 1. The van der Waals surface area contributed by atoms with Crippen LogP contribution >= 0.6 is 23.2 Å². The summed E-state index contributed by atoms with van der Waals surface area (Å²) in [6.07, 6.45) is 5.69. The van der Waals surface area contributed by atoms with Crippen LogP contribution in [0.4, 0.5) is 0 Å². The van der Waals surface area contributed by atoms with Crippen molar-refractivity contribution in [3.63, 3.8) is 0 Å². The second-order valence-electron chi connectivity index (χ2n) is 4.82. The number of terminal acetylenes is 1. The Morgan fingerprint density at radius 3 is 2.67 bits per heavy atom. The molecular formula is C14H13Cl2NO3S. The fraction of sp³-hybridized carbons (Fsp3) is 0.357. The van der Waals surface area contributed by atoms with E-state index >= 15 is 0 Å². The first kappa shape index (κ1) is 16.2. The molecule has 1 aliphatic rings. The Labute approximate surface area is 133 Å². The van der Waals surface area contributed by atoms with Gasteiger partial charge in [0, 0.05) is 11.1 Å². The standard InChI is InChI=1S/C14H13Cl2NO3S/c1-2-6-17(11-5-7-21(19,20)9-11)14(18)12-4-3-10(15)8-13(12)16/h1,3-4,8,11H,5-7,9H2/t11-/m1/s1. The third kappa shape index (κ3) is 3.70. The molecule has 7 heteroatoms. The minimum Gasteiger partial charge on any atom is -0.323 e. The predicted molar refractivity (Wildman–Crippen MR) is 83.4 cm³/mol. The molecule has 1 atom stereocenters. The molecule has 2 rings (SSSR count). The lowest BCUT2D eigenvalue weighted by atomic mass is 10.1. The maximum Gasteiger partial charge on any atom is 0.256 e. The summed E-state index contributed by atoms with van der Waals surface area (Å²) < 4.78 is 23.2. The summed E-state index contributed by atoms with van der Waals surface area (Å²) in [5, 5.41) is 0.638. The number of amides is 1. The maximum absolute atomic E-state index is 12.6. The number of benzene rings is 1. The zero-order valence-electron chi connectivity index (χ0n) is 11.1. The van der Waals surface area contributed by atoms with Crippen LogP contribution in [-0.4, -0.2) is 43.3 Å². The van der Waals surface area contributed by atoms with Gasteiger partial charge in [-0.1, -0.05) is 29.1 Å². The minimum absolute atomic E-state index is 0.0397. The second-order valence-corrected chi connectivity index (χ2v) is 7.89. The summed E-state index contributed by atoms with van der Waals surface area (Å²) in [4.78, 5) is 14.0. The van der Waals surface area contributed by atoms with E-state index in [1.165, 1.54) is 17.0 Å². The largest absolute Gasteiger partial charge is 0.323 e. The number of carbonyl (C=O) groups excluding carboxylic acids is 1. The van der Waals surface area contributed by atoms with E-state index in [0.29, 0.717) is 11.4 Å². The van der Waals surface area contributed by atoms with Crippen LogP contribution in [-0.2, 0) is 9.84 Å². The molecule has 1 aromatic rings. The lowest BCUT2D eigenvalue weighted by molar-refractivity contribution is 0.0724. The van der Waals surface area contributed by atoms with Gasteiger partial charge in [0.15, 0.2) is 9.84 Å². The van der Waals surface area contributed by atoms with Crippen LogP contribution in [0.25, 0.3) is 0 Å². The van der Waals surface area contributed by atoms with E-state index in [1.54, 1.807) is 6.07 Å². The van der Waals surface area contributed by atoms with E-state index in [9.17, 15) is 13.2 Å². The van der Waals surface area contributed by atoms with Crippen molar-refractivity contribution in [2.75, 3.05) is 18.1 Å². The highest BCUT2D eigenvalue weighted by Crippen LogP contribution is 2.25. The van der Waals surface area contributed by atoms with Gasteiger partial charge in [-0.2, -0.15) is 0 Å². The molecule has 0 aliphatic carbocycles. The number of hydrogen-bond donors (Lipinski definition) is 0. The van der Waals surface area contributed by atoms with Crippen molar-refractivity contribution >= 4 is 38.9 Å². The maximum atomic E-state index is 12.6. The molecule has 0 spiro atoms. The normalized spacial score (nSPS) is 20.0. The average molecular weight is 346 g/mol. The molecule has 1 aromatic carbocycles. The number of sulfone groups is 1. The Morgan fingerprint density at radius 2 is 2.14 bits per heavy atom. The summed E-state index contributed by atoms with van der Waals surface area (Å²) in [7, 11) is -3.11. The molecule has 1 fully saturated rings. The number of hydrogen-bond acceptors (Lipinski definition) is 3. The van der Waals surface area contributed by atoms with E-state index < -0.39 is 15.9 Å². The first-order chi connectivity index (χ1) is 9.84. The number of rotatable bonds is 3. The van der Waals surface area contributed by atoms with Gasteiger partial charge in [0.25, 0.3) is 5.91 Å². The third-order valence-electron chi connectivity index (χ3n) is 3.33. The van der Waals surface area contributed by atoms with E-state index in [1.807, 2.05) is 0 Å². The summed E-state index contributed by atoms with van der Waals surface area (Å²) in [5.74, 6) is 2.02. The average Bonchev–Trinajstić information content (AvgIpc) is 2.75. The predicted octanol–water partition coefficient (Wildman–Crippen LogP) is 2.26. The summed E-state index contributed by atoms with van der Waals surface area (Å²) in [6.45, 7) is 0.0397. The van der Waals surface area contributed by atoms with Crippen LogP contribution in [0.5, 0.6) is 0 Å². The third-order valence-corrected chi connectivity index (χ3v) is 5.63. The van der Waals surface area contributed by atoms with Crippen molar-refractivity contribution < 1.29 is 13.2 Å². The van der Waals surface area contributed by atoms with Gasteiger partial charge in [0.05, 0.1) is 28.6 Å². The summed E-state index contributed by atoms with van der Waals surface area (Å²) in [6, 6.07) is 4.13. The SMILES string of the molecule is C#CCN(C(=O)c1ccc(Cl)cc1Cl)[C@@H]1CCS(=O)(=O)C1. The van der Waals surface area contributed by atoms with Crippen molar-refractivity contribution in [3.8, 4) is 12.3 Å². The molecule has 1 aliphatic heterocycles. The van der Waals surface area contributed by atoms with Gasteiger partial charge in [0.2, 0.25) is 0 Å². The van der Waals surface area contributed by atoms with Crippen molar-refractivity contribution in [2.24, 2.45) is 0 Å². The van der Waals surface area contributed by atoms with Crippen molar-refractivity contribution in [2.45, 2.75) is 12.5 Å². The topological polar surface area (TPSA) is 54.5 Å². The molecule has 0 N–H and O–H groups in total. The summed E-state index contributed by atoms with van der Waals surface area (Å²) in [5.41, 5.74) is 0.264. The van der Waals surface area contributed by atoms with Crippen LogP contribution in [0.2, 0.25) is 10.0 Å². The van der Waals surface area contributed by atoms with E-state index in [-0.39, 0.29) is 34.5 Å². The highest BCUT2D eigenvalue weighted by Gasteiger charge is 2.35. The van der Waals surface area contributed by atoms with Crippen molar-refractivity contribution in [1.82, 2.24) is 4.90 Å². The molecule has 21 heavy (non-hydrogen) atoms. The number of halogens is 2. The van der Waals surface area contributed by atoms with E-state index in [0.717, 1.165) is 0 Å². The quantitative estimate of drug-likeness (QED) is 0.789. The summed E-state index contributed by atoms with van der Waals surface area (Å²) >= 11 is 11.8. The Bertz CT molecular complexity index is 709. The second kappa shape index (κ2) is 6.27. The molecule has 0 bridgehead atoms. The van der Waals surface area contributed by atoms with Crippen LogP contribution in [0.3, 0.4) is 0 Å². The lowest BCUT2D eigenvalue weighted by Crippen LogP contribution is -2.41. The molecule has 1 saturated heterocycles. The fourth-order valence-corrected chi connectivity index (χ4v) is 4.52. The molecule has 1 heterocycles. The highest BCUT2D eigenvalue weighted by atomic mass is 35.5. The Balaban J connectivity index is 2.30. The van der Waals surface area contributed by atoms with Gasteiger partial charge in [-0.3, -0.25) is 4.79 Å². The zero-order valence-corrected chi connectivity index (χ0v) is 13.4. The molecule has 1 amide bonds. The molecule has 4 nitrogen and oxygen atoms in total. The monoisotopic (exact) mass is 345 g/mol. The van der Waals surface area contributed by atoms with Crippen LogP contribution in [0.15, 0.2) is 18.2 Å². The fourth-order valence-electron chi connectivity index (χ4n) is 2.30. The molecule has 0 radical (unpaired) electrons. The lowest BCUT2D eigenvalue weighted by Gasteiger charge is -2.26. The number of nitrogens with zero attached hydrogens (tertiary/aromatic N) is 1. The van der Waals surface area contributed by atoms with Gasteiger partial charge in [-0.25, -0.2) is 8.42 Å². The molecule has 0 unspecified atom stereocenters. The van der Waals surface area contributed by atoms with E-state index in [4.69, 9.17) is 29.6 Å². The van der Waals surface area contributed by atoms with Gasteiger partial charge in [0.1, 0.15) is 0 Å². The van der Waals surface area contributed by atoms with Gasteiger partial charge < -0.3 is 4.90 Å².